The third-order valence-corrected chi connectivity index (χ3v) is 3.43. The monoisotopic (exact) mass is 333 g/mol. The maximum absolute atomic E-state index is 11.3. The van der Waals surface area contributed by atoms with Crippen LogP contribution >= 0.6 is 15.9 Å². The molecule has 0 aromatic heterocycles. The van der Waals surface area contributed by atoms with E-state index in [2.05, 4.69) is 21.2 Å². The van der Waals surface area contributed by atoms with E-state index in [1.807, 2.05) is 30.3 Å². The van der Waals surface area contributed by atoms with Crippen molar-refractivity contribution < 1.29 is 14.3 Å². The predicted octanol–water partition coefficient (Wildman–Crippen LogP) is 3.36. The summed E-state index contributed by atoms with van der Waals surface area (Å²) in [5, 5.41) is 2.76. The Bertz CT molecular complexity index is 640. The van der Waals surface area contributed by atoms with Gasteiger partial charge < -0.3 is 14.8 Å². The lowest BCUT2D eigenvalue weighted by Gasteiger charge is -2.18. The van der Waals surface area contributed by atoms with Crippen LogP contribution in [-0.2, 0) is 11.4 Å². The number of rotatable bonds is 3. The highest BCUT2D eigenvalue weighted by molar-refractivity contribution is 9.10. The molecule has 4 nitrogen and oxygen atoms in total. The lowest BCUT2D eigenvalue weighted by molar-refractivity contribution is -0.118. The highest BCUT2D eigenvalue weighted by Gasteiger charge is 2.16. The van der Waals surface area contributed by atoms with E-state index in [0.29, 0.717) is 23.8 Å². The molecule has 1 aliphatic heterocycles. The molecule has 2 aromatic rings. The maximum Gasteiger partial charge on any atom is 0.262 e. The van der Waals surface area contributed by atoms with Gasteiger partial charge in [-0.15, -0.1) is 0 Å². The van der Waals surface area contributed by atoms with E-state index in [1.54, 1.807) is 12.1 Å². The fourth-order valence-corrected chi connectivity index (χ4v) is 2.16. The minimum absolute atomic E-state index is 0.0616. The Balaban J connectivity index is 1.70. The van der Waals surface area contributed by atoms with Gasteiger partial charge in [-0.1, -0.05) is 28.1 Å². The lowest BCUT2D eigenvalue weighted by atomic mass is 10.2. The van der Waals surface area contributed by atoms with Crippen molar-refractivity contribution in [2.24, 2.45) is 0 Å². The van der Waals surface area contributed by atoms with Crippen molar-refractivity contribution in [1.82, 2.24) is 0 Å². The second-order valence-electron chi connectivity index (χ2n) is 4.41. The van der Waals surface area contributed by atoms with E-state index in [4.69, 9.17) is 9.47 Å². The molecule has 0 bridgehead atoms. The largest absolute Gasteiger partial charge is 0.489 e. The van der Waals surface area contributed by atoms with Crippen molar-refractivity contribution in [2.75, 3.05) is 11.9 Å². The summed E-state index contributed by atoms with van der Waals surface area (Å²) >= 11 is 3.39. The Morgan fingerprint density at radius 3 is 2.80 bits per heavy atom. The van der Waals surface area contributed by atoms with Gasteiger partial charge in [-0.2, -0.15) is 0 Å². The molecule has 1 amide bonds. The minimum Gasteiger partial charge on any atom is -0.489 e. The molecule has 102 valence electrons. The van der Waals surface area contributed by atoms with Crippen molar-refractivity contribution in [3.05, 3.63) is 52.5 Å². The van der Waals surface area contributed by atoms with Crippen LogP contribution in [0.5, 0.6) is 11.5 Å². The second-order valence-corrected chi connectivity index (χ2v) is 5.33. The predicted molar refractivity (Wildman–Crippen MR) is 79.0 cm³/mol. The Hall–Kier alpha value is -2.01. The van der Waals surface area contributed by atoms with E-state index in [9.17, 15) is 4.79 Å². The normalized spacial score (nSPS) is 13.2. The number of amides is 1. The van der Waals surface area contributed by atoms with Gasteiger partial charge in [-0.3, -0.25) is 4.79 Å². The van der Waals surface area contributed by atoms with Crippen LogP contribution in [0.3, 0.4) is 0 Å². The Kier molecular flexibility index (Phi) is 3.60. The second kappa shape index (κ2) is 5.54. The average Bonchev–Trinajstić information content (AvgIpc) is 2.46. The Labute approximate surface area is 124 Å². The van der Waals surface area contributed by atoms with Gasteiger partial charge in [0, 0.05) is 10.5 Å². The summed E-state index contributed by atoms with van der Waals surface area (Å²) in [6.45, 7) is 0.535. The van der Waals surface area contributed by atoms with Crippen LogP contribution in [0.1, 0.15) is 5.56 Å². The molecule has 1 N–H and O–H groups in total. The van der Waals surface area contributed by atoms with Gasteiger partial charge in [0.15, 0.2) is 6.61 Å². The summed E-state index contributed by atoms with van der Waals surface area (Å²) in [5.41, 5.74) is 1.72. The van der Waals surface area contributed by atoms with Crippen LogP contribution in [0.15, 0.2) is 46.9 Å². The van der Waals surface area contributed by atoms with Crippen molar-refractivity contribution >= 4 is 27.5 Å². The summed E-state index contributed by atoms with van der Waals surface area (Å²) in [5.74, 6) is 1.21. The van der Waals surface area contributed by atoms with Crippen molar-refractivity contribution in [3.8, 4) is 11.5 Å². The summed E-state index contributed by atoms with van der Waals surface area (Å²) < 4.78 is 12.0. The topological polar surface area (TPSA) is 47.6 Å². The molecule has 1 aliphatic rings. The minimum atomic E-state index is -0.150. The van der Waals surface area contributed by atoms with Gasteiger partial charge in [0.2, 0.25) is 0 Å². The highest BCUT2D eigenvalue weighted by Crippen LogP contribution is 2.31. The van der Waals surface area contributed by atoms with Gasteiger partial charge in [0.25, 0.3) is 5.91 Å². The zero-order valence-corrected chi connectivity index (χ0v) is 12.1. The fraction of sp³-hybridized carbons (Fsp3) is 0.133. The van der Waals surface area contributed by atoms with Crippen LogP contribution in [0.25, 0.3) is 0 Å². The number of ether oxygens (including phenoxy) is 2. The van der Waals surface area contributed by atoms with Crippen LogP contribution in [0.4, 0.5) is 5.69 Å². The molecule has 0 unspecified atom stereocenters. The molecule has 3 rings (SSSR count). The smallest absolute Gasteiger partial charge is 0.262 e. The molecule has 2 aromatic carbocycles. The summed E-state index contributed by atoms with van der Waals surface area (Å²) in [4.78, 5) is 11.3. The molecule has 20 heavy (non-hydrogen) atoms. The first-order chi connectivity index (χ1) is 9.70. The van der Waals surface area contributed by atoms with Crippen LogP contribution in [0, 0.1) is 0 Å². The maximum atomic E-state index is 11.3. The number of nitrogens with one attached hydrogen (secondary N) is 1. The van der Waals surface area contributed by atoms with E-state index < -0.39 is 0 Å². The quantitative estimate of drug-likeness (QED) is 0.936. The number of anilines is 1. The Morgan fingerprint density at radius 1 is 1.20 bits per heavy atom. The summed E-state index contributed by atoms with van der Waals surface area (Å²) in [6, 6.07) is 13.3. The zero-order chi connectivity index (χ0) is 13.9. The van der Waals surface area contributed by atoms with Crippen LogP contribution in [0.2, 0.25) is 0 Å². The number of carbonyl (C=O) groups is 1. The highest BCUT2D eigenvalue weighted by atomic mass is 79.9. The number of fused-ring (bicyclic) bond motifs is 1. The number of hydrogen-bond acceptors (Lipinski definition) is 3. The van der Waals surface area contributed by atoms with Gasteiger partial charge in [-0.25, -0.2) is 0 Å². The van der Waals surface area contributed by atoms with Crippen LogP contribution in [-0.4, -0.2) is 12.5 Å². The van der Waals surface area contributed by atoms with E-state index in [1.165, 1.54) is 0 Å². The SMILES string of the molecule is O=C1COc2ccc(OCc3ccc(Br)cc3)cc2N1. The zero-order valence-electron chi connectivity index (χ0n) is 10.6. The van der Waals surface area contributed by atoms with Crippen molar-refractivity contribution in [3.63, 3.8) is 0 Å². The first-order valence-corrected chi connectivity index (χ1v) is 6.94. The molecule has 0 saturated heterocycles. The van der Waals surface area contributed by atoms with Crippen LogP contribution < -0.4 is 14.8 Å². The Morgan fingerprint density at radius 2 is 2.00 bits per heavy atom. The number of carbonyl (C=O) groups excluding carboxylic acids is 1. The van der Waals surface area contributed by atoms with E-state index >= 15 is 0 Å². The summed E-state index contributed by atoms with van der Waals surface area (Å²) in [6.07, 6.45) is 0. The molecule has 5 heteroatoms. The molecule has 0 atom stereocenters. The van der Waals surface area contributed by atoms with E-state index in [0.717, 1.165) is 10.0 Å². The molecule has 0 saturated carbocycles. The molecule has 1 heterocycles. The number of hydrogen-bond donors (Lipinski definition) is 1. The first kappa shape index (κ1) is 13.0. The summed E-state index contributed by atoms with van der Waals surface area (Å²) in [7, 11) is 0. The van der Waals surface area contributed by atoms with Gasteiger partial charge in [0.05, 0.1) is 5.69 Å². The standard InChI is InChI=1S/C15H12BrNO3/c16-11-3-1-10(2-4-11)8-19-12-5-6-14-13(7-12)17-15(18)9-20-14/h1-7H,8-9H2,(H,17,18). The molecule has 0 aliphatic carbocycles. The molecule has 0 spiro atoms. The molecule has 0 radical (unpaired) electrons. The van der Waals surface area contributed by atoms with Gasteiger partial charge in [0.1, 0.15) is 18.1 Å². The molecular formula is C15H12BrNO3. The lowest BCUT2D eigenvalue weighted by Crippen LogP contribution is -2.25. The molecular weight excluding hydrogens is 322 g/mol. The van der Waals surface area contributed by atoms with Crippen molar-refractivity contribution in [2.45, 2.75) is 6.61 Å². The average molecular weight is 334 g/mol. The van der Waals surface area contributed by atoms with E-state index in [-0.39, 0.29) is 12.5 Å². The number of benzene rings is 2. The molecule has 0 fully saturated rings. The van der Waals surface area contributed by atoms with Gasteiger partial charge in [-0.05, 0) is 29.8 Å². The number of halogens is 1. The van der Waals surface area contributed by atoms with Crippen molar-refractivity contribution in [1.29, 1.82) is 0 Å². The third kappa shape index (κ3) is 2.93. The fourth-order valence-electron chi connectivity index (χ4n) is 1.90. The van der Waals surface area contributed by atoms with Gasteiger partial charge >= 0.3 is 0 Å². The third-order valence-electron chi connectivity index (χ3n) is 2.90. The first-order valence-electron chi connectivity index (χ1n) is 6.15.